The lowest BCUT2D eigenvalue weighted by atomic mass is 10.1. The molecule has 0 saturated carbocycles. The maximum atomic E-state index is 12.3. The van der Waals surface area contributed by atoms with Gasteiger partial charge in [-0.05, 0) is 17.7 Å². The largest absolute Gasteiger partial charge is 0.416 e. The van der Waals surface area contributed by atoms with Crippen LogP contribution in [0.3, 0.4) is 0 Å². The van der Waals surface area contributed by atoms with Crippen molar-refractivity contribution in [1.29, 1.82) is 0 Å². The fraction of sp³-hybridized carbons (Fsp3) is 0.273. The first-order valence-corrected chi connectivity index (χ1v) is 4.53. The Morgan fingerprint density at radius 2 is 1.80 bits per heavy atom. The Morgan fingerprint density at radius 1 is 1.13 bits per heavy atom. The van der Waals surface area contributed by atoms with Crippen LogP contribution in [0, 0.1) is 0 Å². The smallest absolute Gasteiger partial charge is 0.365 e. The molecule has 0 aromatic heterocycles. The third-order valence-electron chi connectivity index (χ3n) is 2.25. The van der Waals surface area contributed by atoms with Gasteiger partial charge in [0.05, 0.1) is 12.2 Å². The van der Waals surface area contributed by atoms with Crippen LogP contribution in [-0.4, -0.2) is 6.61 Å². The maximum absolute atomic E-state index is 12.3. The quantitative estimate of drug-likeness (QED) is 0.651. The van der Waals surface area contributed by atoms with Crippen LogP contribution in [-0.2, 0) is 10.9 Å². The van der Waals surface area contributed by atoms with Crippen molar-refractivity contribution in [2.24, 2.45) is 0 Å². The highest BCUT2D eigenvalue weighted by Crippen LogP contribution is 2.31. The lowest BCUT2D eigenvalue weighted by Crippen LogP contribution is -2.05. The predicted molar refractivity (Wildman–Crippen MR) is 49.3 cm³/mol. The molecule has 1 aromatic rings. The lowest BCUT2D eigenvalue weighted by molar-refractivity contribution is -0.137. The number of hydrogen-bond donors (Lipinski definition) is 0. The van der Waals surface area contributed by atoms with E-state index in [4.69, 9.17) is 4.74 Å². The normalized spacial score (nSPS) is 20.9. The van der Waals surface area contributed by atoms with Crippen molar-refractivity contribution in [3.63, 3.8) is 0 Å². The van der Waals surface area contributed by atoms with Crippen molar-refractivity contribution >= 4 is 0 Å². The zero-order chi connectivity index (χ0) is 10.9. The summed E-state index contributed by atoms with van der Waals surface area (Å²) in [5.74, 6) is 0. The zero-order valence-corrected chi connectivity index (χ0v) is 7.79. The van der Waals surface area contributed by atoms with Crippen LogP contribution in [0.4, 0.5) is 13.2 Å². The Bertz CT molecular complexity index is 364. The van der Waals surface area contributed by atoms with Gasteiger partial charge in [0.25, 0.3) is 0 Å². The second-order valence-corrected chi connectivity index (χ2v) is 3.30. The first-order chi connectivity index (χ1) is 7.07. The van der Waals surface area contributed by atoms with E-state index in [0.29, 0.717) is 6.61 Å². The van der Waals surface area contributed by atoms with E-state index >= 15 is 0 Å². The Morgan fingerprint density at radius 3 is 2.27 bits per heavy atom. The van der Waals surface area contributed by atoms with E-state index in [1.807, 2.05) is 12.2 Å². The van der Waals surface area contributed by atoms with E-state index in [2.05, 4.69) is 0 Å². The molecule has 0 radical (unpaired) electrons. The van der Waals surface area contributed by atoms with Crippen LogP contribution < -0.4 is 0 Å². The molecular formula is C11H9F3O. The predicted octanol–water partition coefficient (Wildman–Crippen LogP) is 3.33. The molecule has 1 aromatic carbocycles. The first-order valence-electron chi connectivity index (χ1n) is 4.53. The van der Waals surface area contributed by atoms with Gasteiger partial charge in [0, 0.05) is 0 Å². The van der Waals surface area contributed by atoms with E-state index in [-0.39, 0.29) is 6.10 Å². The summed E-state index contributed by atoms with van der Waals surface area (Å²) in [6, 6.07) is 5.04. The summed E-state index contributed by atoms with van der Waals surface area (Å²) in [6.45, 7) is 0.520. The molecule has 15 heavy (non-hydrogen) atoms. The van der Waals surface area contributed by atoms with E-state index in [1.54, 1.807) is 0 Å². The maximum Gasteiger partial charge on any atom is 0.416 e. The number of rotatable bonds is 1. The Kier molecular flexibility index (Phi) is 2.52. The highest BCUT2D eigenvalue weighted by Gasteiger charge is 2.30. The molecule has 0 saturated heterocycles. The van der Waals surface area contributed by atoms with Crippen molar-refractivity contribution in [2.45, 2.75) is 12.3 Å². The molecule has 0 aliphatic carbocycles. The second-order valence-electron chi connectivity index (χ2n) is 3.30. The van der Waals surface area contributed by atoms with Gasteiger partial charge in [0.15, 0.2) is 0 Å². The van der Waals surface area contributed by atoms with Crippen molar-refractivity contribution in [3.8, 4) is 0 Å². The van der Waals surface area contributed by atoms with Gasteiger partial charge in [0.2, 0.25) is 0 Å². The van der Waals surface area contributed by atoms with Crippen LogP contribution in [0.1, 0.15) is 17.2 Å². The van der Waals surface area contributed by atoms with Crippen molar-refractivity contribution in [1.82, 2.24) is 0 Å². The lowest BCUT2D eigenvalue weighted by Gasteiger charge is -2.11. The van der Waals surface area contributed by atoms with E-state index in [9.17, 15) is 13.2 Å². The third-order valence-corrected chi connectivity index (χ3v) is 2.25. The minimum absolute atomic E-state index is 0.202. The number of halogens is 3. The molecule has 4 heteroatoms. The topological polar surface area (TPSA) is 9.23 Å². The molecule has 1 aliphatic heterocycles. The van der Waals surface area contributed by atoms with Crippen molar-refractivity contribution in [3.05, 3.63) is 47.5 Å². The molecule has 1 aliphatic rings. The zero-order valence-electron chi connectivity index (χ0n) is 7.79. The fourth-order valence-corrected chi connectivity index (χ4v) is 1.46. The van der Waals surface area contributed by atoms with E-state index < -0.39 is 11.7 Å². The highest BCUT2D eigenvalue weighted by molar-refractivity contribution is 5.28. The van der Waals surface area contributed by atoms with Gasteiger partial charge in [-0.2, -0.15) is 13.2 Å². The minimum atomic E-state index is -4.27. The molecule has 0 unspecified atom stereocenters. The van der Waals surface area contributed by atoms with Crippen molar-refractivity contribution < 1.29 is 17.9 Å². The molecule has 0 fully saturated rings. The Labute approximate surface area is 85.2 Å². The van der Waals surface area contributed by atoms with Crippen LogP contribution in [0.2, 0.25) is 0 Å². The summed E-state index contributed by atoms with van der Waals surface area (Å²) in [5, 5.41) is 0. The van der Waals surface area contributed by atoms with Gasteiger partial charge in [-0.1, -0.05) is 24.3 Å². The second kappa shape index (κ2) is 3.70. The van der Waals surface area contributed by atoms with Gasteiger partial charge in [-0.3, -0.25) is 0 Å². The number of ether oxygens (including phenoxy) is 1. The van der Waals surface area contributed by atoms with Crippen molar-refractivity contribution in [2.75, 3.05) is 6.61 Å². The summed E-state index contributed by atoms with van der Waals surface area (Å²) in [7, 11) is 0. The van der Waals surface area contributed by atoms with Gasteiger partial charge in [0.1, 0.15) is 6.10 Å². The Balaban J connectivity index is 2.20. The number of benzene rings is 1. The number of hydrogen-bond acceptors (Lipinski definition) is 1. The molecule has 0 N–H and O–H groups in total. The Hall–Kier alpha value is -1.29. The fourth-order valence-electron chi connectivity index (χ4n) is 1.46. The summed E-state index contributed by atoms with van der Waals surface area (Å²) < 4.78 is 42.0. The average molecular weight is 214 g/mol. The summed E-state index contributed by atoms with van der Waals surface area (Å²) in [6.07, 6.45) is -0.789. The van der Waals surface area contributed by atoms with Gasteiger partial charge >= 0.3 is 6.18 Å². The standard InChI is InChI=1S/C11H9F3O/c12-11(13,14)9-5-3-8(4-6-9)10-2-1-7-15-10/h1-6,10H,7H2/t10-/m1/s1. The van der Waals surface area contributed by atoms with Crippen LogP contribution >= 0.6 is 0 Å². The molecule has 2 rings (SSSR count). The molecular weight excluding hydrogens is 205 g/mol. The molecule has 80 valence electrons. The summed E-state index contributed by atoms with van der Waals surface area (Å²) in [5.41, 5.74) is 0.116. The molecule has 1 heterocycles. The third kappa shape index (κ3) is 2.21. The molecule has 0 amide bonds. The van der Waals surface area contributed by atoms with Crippen LogP contribution in [0.15, 0.2) is 36.4 Å². The molecule has 1 atom stereocenters. The molecule has 0 bridgehead atoms. The summed E-state index contributed by atoms with van der Waals surface area (Å²) >= 11 is 0. The molecule has 0 spiro atoms. The van der Waals surface area contributed by atoms with E-state index in [0.717, 1.165) is 17.7 Å². The van der Waals surface area contributed by atoms with Gasteiger partial charge in [-0.25, -0.2) is 0 Å². The minimum Gasteiger partial charge on any atom is -0.365 e. The van der Waals surface area contributed by atoms with Crippen LogP contribution in [0.5, 0.6) is 0 Å². The number of alkyl halides is 3. The van der Waals surface area contributed by atoms with E-state index in [1.165, 1.54) is 12.1 Å². The molecule has 1 nitrogen and oxygen atoms in total. The summed E-state index contributed by atoms with van der Waals surface area (Å²) in [4.78, 5) is 0. The van der Waals surface area contributed by atoms with Crippen LogP contribution in [0.25, 0.3) is 0 Å². The SMILES string of the molecule is FC(F)(F)c1ccc([C@H]2C=CCO2)cc1. The van der Waals surface area contributed by atoms with Gasteiger partial charge < -0.3 is 4.74 Å². The first kappa shape index (κ1) is 10.2. The highest BCUT2D eigenvalue weighted by atomic mass is 19.4. The van der Waals surface area contributed by atoms with Gasteiger partial charge in [-0.15, -0.1) is 0 Å². The monoisotopic (exact) mass is 214 g/mol. The average Bonchev–Trinajstić information content (AvgIpc) is 2.69.